The number of ether oxygens (including phenoxy) is 1. The van der Waals surface area contributed by atoms with Crippen molar-refractivity contribution in [3.05, 3.63) is 0 Å². The van der Waals surface area contributed by atoms with E-state index in [2.05, 4.69) is 4.74 Å². The number of carbonyl (C=O) groups excluding carboxylic acids is 1. The second-order valence-corrected chi connectivity index (χ2v) is 2.87. The zero-order valence-corrected chi connectivity index (χ0v) is 6.71. The Labute approximate surface area is 65.1 Å². The van der Waals surface area contributed by atoms with Gasteiger partial charge in [-0.15, -0.1) is 0 Å². The highest BCUT2D eigenvalue weighted by Gasteiger charge is 2.36. The lowest BCUT2D eigenvalue weighted by Gasteiger charge is -2.07. The Morgan fingerprint density at radius 3 is 2.64 bits per heavy atom. The van der Waals surface area contributed by atoms with Crippen LogP contribution in [0.15, 0.2) is 0 Å². The predicted octanol–water partition coefficient (Wildman–Crippen LogP) is 0.0591. The lowest BCUT2D eigenvalue weighted by atomic mass is 10.1. The Hall–Kier alpha value is -0.640. The number of carbonyl (C=O) groups is 1. The molecule has 1 rings (SSSR count). The largest absolute Gasteiger partial charge is 0.469 e. The van der Waals surface area contributed by atoms with Crippen LogP contribution in [0.25, 0.3) is 0 Å². The highest BCUT2D eigenvalue weighted by molar-refractivity contribution is 5.73. The van der Waals surface area contributed by atoms with Crippen LogP contribution in [0, 0.1) is 5.92 Å². The van der Waals surface area contributed by atoms with Crippen molar-refractivity contribution in [1.29, 1.82) is 0 Å². The summed E-state index contributed by atoms with van der Waals surface area (Å²) in [5.41, 5.74) is 0. The maximum atomic E-state index is 12.9. The zero-order chi connectivity index (χ0) is 8.43. The van der Waals surface area contributed by atoms with Gasteiger partial charge < -0.3 is 9.64 Å². The fourth-order valence-electron chi connectivity index (χ4n) is 1.32. The van der Waals surface area contributed by atoms with E-state index in [4.69, 9.17) is 0 Å². The van der Waals surface area contributed by atoms with E-state index in [0.29, 0.717) is 13.1 Å². The molecule has 0 spiro atoms. The number of methoxy groups -OCH3 is 1. The Balaban J connectivity index is 2.52. The molecule has 0 bridgehead atoms. The van der Waals surface area contributed by atoms with Crippen molar-refractivity contribution < 1.29 is 13.9 Å². The smallest absolute Gasteiger partial charge is 0.312 e. The van der Waals surface area contributed by atoms with Gasteiger partial charge in [-0.2, -0.15) is 0 Å². The van der Waals surface area contributed by atoms with E-state index < -0.39 is 18.1 Å². The monoisotopic (exact) mass is 161 g/mol. The number of alkyl halides is 1. The molecule has 1 aliphatic rings. The number of rotatable bonds is 1. The zero-order valence-electron chi connectivity index (χ0n) is 6.71. The SMILES string of the molecule is COC(=O)[C@H]1CN(C)C[C@H]1F. The molecule has 4 heteroatoms. The molecule has 0 N–H and O–H groups in total. The van der Waals surface area contributed by atoms with Gasteiger partial charge in [0, 0.05) is 13.1 Å². The number of esters is 1. The first-order chi connectivity index (χ1) is 5.15. The Kier molecular flexibility index (Phi) is 2.44. The lowest BCUT2D eigenvalue weighted by Crippen LogP contribution is -2.24. The molecule has 3 nitrogen and oxygen atoms in total. The van der Waals surface area contributed by atoms with Crippen LogP contribution in [-0.2, 0) is 9.53 Å². The van der Waals surface area contributed by atoms with Crippen molar-refractivity contribution in [2.75, 3.05) is 27.2 Å². The van der Waals surface area contributed by atoms with Gasteiger partial charge >= 0.3 is 5.97 Å². The van der Waals surface area contributed by atoms with E-state index in [-0.39, 0.29) is 0 Å². The van der Waals surface area contributed by atoms with Crippen LogP contribution in [0.5, 0.6) is 0 Å². The standard InChI is InChI=1S/C7H12FNO2/c1-9-3-5(6(8)4-9)7(10)11-2/h5-6H,3-4H2,1-2H3/t5-,6+/m0/s1. The van der Waals surface area contributed by atoms with E-state index >= 15 is 0 Å². The Morgan fingerprint density at radius 1 is 1.64 bits per heavy atom. The predicted molar refractivity (Wildman–Crippen MR) is 37.9 cm³/mol. The molecule has 0 saturated carbocycles. The second kappa shape index (κ2) is 3.17. The summed E-state index contributed by atoms with van der Waals surface area (Å²) in [6.45, 7) is 0.799. The molecule has 0 amide bonds. The molecule has 1 heterocycles. The van der Waals surface area contributed by atoms with Crippen molar-refractivity contribution in [3.63, 3.8) is 0 Å². The molecule has 0 aromatic rings. The van der Waals surface area contributed by atoms with E-state index in [1.807, 2.05) is 0 Å². The molecule has 0 aromatic carbocycles. The van der Waals surface area contributed by atoms with Crippen molar-refractivity contribution in [3.8, 4) is 0 Å². The molecule has 0 radical (unpaired) electrons. The van der Waals surface area contributed by atoms with Gasteiger partial charge in [-0.3, -0.25) is 4.79 Å². The normalized spacial score (nSPS) is 32.3. The topological polar surface area (TPSA) is 29.5 Å². The highest BCUT2D eigenvalue weighted by atomic mass is 19.1. The molecule has 0 aromatic heterocycles. The first-order valence-corrected chi connectivity index (χ1v) is 3.55. The summed E-state index contributed by atoms with van der Waals surface area (Å²) in [6, 6.07) is 0. The molecule has 0 aliphatic carbocycles. The average molecular weight is 161 g/mol. The van der Waals surface area contributed by atoms with Gasteiger partial charge in [0.1, 0.15) is 12.1 Å². The maximum absolute atomic E-state index is 12.9. The minimum Gasteiger partial charge on any atom is -0.469 e. The summed E-state index contributed by atoms with van der Waals surface area (Å²) in [4.78, 5) is 12.7. The van der Waals surface area contributed by atoms with Crippen molar-refractivity contribution in [2.24, 2.45) is 5.92 Å². The molecule has 2 atom stereocenters. The number of hydrogen-bond acceptors (Lipinski definition) is 3. The number of likely N-dealkylation sites (tertiary alicyclic amines) is 1. The Morgan fingerprint density at radius 2 is 2.27 bits per heavy atom. The van der Waals surface area contributed by atoms with E-state index in [0.717, 1.165) is 0 Å². The molecular formula is C7H12FNO2. The third-order valence-corrected chi connectivity index (χ3v) is 1.93. The quantitative estimate of drug-likeness (QED) is 0.509. The van der Waals surface area contributed by atoms with Gasteiger partial charge in [-0.25, -0.2) is 4.39 Å². The third kappa shape index (κ3) is 1.68. The summed E-state index contributed by atoms with van der Waals surface area (Å²) in [5.74, 6) is -1.02. The minimum absolute atomic E-state index is 0.333. The van der Waals surface area contributed by atoms with E-state index in [9.17, 15) is 9.18 Å². The molecular weight excluding hydrogens is 149 g/mol. The van der Waals surface area contributed by atoms with Gasteiger partial charge in [0.25, 0.3) is 0 Å². The lowest BCUT2D eigenvalue weighted by molar-refractivity contribution is -0.146. The second-order valence-electron chi connectivity index (χ2n) is 2.87. The summed E-state index contributed by atoms with van der Waals surface area (Å²) < 4.78 is 17.4. The first-order valence-electron chi connectivity index (χ1n) is 3.55. The fourth-order valence-corrected chi connectivity index (χ4v) is 1.32. The molecule has 0 unspecified atom stereocenters. The molecule has 1 aliphatic heterocycles. The molecule has 11 heavy (non-hydrogen) atoms. The van der Waals surface area contributed by atoms with Gasteiger partial charge in [-0.05, 0) is 7.05 Å². The van der Waals surface area contributed by atoms with Crippen molar-refractivity contribution in [1.82, 2.24) is 4.90 Å². The van der Waals surface area contributed by atoms with Crippen LogP contribution in [-0.4, -0.2) is 44.3 Å². The first kappa shape index (κ1) is 8.46. The van der Waals surface area contributed by atoms with Crippen molar-refractivity contribution >= 4 is 5.97 Å². The van der Waals surface area contributed by atoms with E-state index in [1.165, 1.54) is 7.11 Å². The molecule has 64 valence electrons. The Bertz CT molecular complexity index is 163. The van der Waals surface area contributed by atoms with Crippen LogP contribution in [0.1, 0.15) is 0 Å². The number of nitrogens with zero attached hydrogens (tertiary/aromatic N) is 1. The average Bonchev–Trinajstić information content (AvgIpc) is 2.28. The maximum Gasteiger partial charge on any atom is 0.312 e. The van der Waals surface area contributed by atoms with E-state index in [1.54, 1.807) is 11.9 Å². The third-order valence-electron chi connectivity index (χ3n) is 1.93. The van der Waals surface area contributed by atoms with Crippen LogP contribution in [0.2, 0.25) is 0 Å². The van der Waals surface area contributed by atoms with Crippen LogP contribution < -0.4 is 0 Å². The summed E-state index contributed by atoms with van der Waals surface area (Å²) in [6.07, 6.45) is -1.06. The van der Waals surface area contributed by atoms with Crippen molar-refractivity contribution in [2.45, 2.75) is 6.17 Å². The minimum atomic E-state index is -1.06. The summed E-state index contributed by atoms with van der Waals surface area (Å²) >= 11 is 0. The molecule has 1 saturated heterocycles. The van der Waals surface area contributed by atoms with Gasteiger partial charge in [0.05, 0.1) is 7.11 Å². The van der Waals surface area contributed by atoms with Crippen LogP contribution >= 0.6 is 0 Å². The highest BCUT2D eigenvalue weighted by Crippen LogP contribution is 2.19. The summed E-state index contributed by atoms with van der Waals surface area (Å²) in [7, 11) is 3.07. The van der Waals surface area contributed by atoms with Crippen LogP contribution in [0.4, 0.5) is 4.39 Å². The van der Waals surface area contributed by atoms with Gasteiger partial charge in [-0.1, -0.05) is 0 Å². The van der Waals surface area contributed by atoms with Gasteiger partial charge in [0.2, 0.25) is 0 Å². The molecule has 1 fully saturated rings. The summed E-state index contributed by atoms with van der Waals surface area (Å²) in [5, 5.41) is 0. The van der Waals surface area contributed by atoms with Gasteiger partial charge in [0.15, 0.2) is 0 Å². The number of halogens is 1. The fraction of sp³-hybridized carbons (Fsp3) is 0.857. The number of hydrogen-bond donors (Lipinski definition) is 0. The van der Waals surface area contributed by atoms with Crippen LogP contribution in [0.3, 0.4) is 0 Å².